The van der Waals surface area contributed by atoms with Crippen molar-refractivity contribution < 1.29 is 23.4 Å². The van der Waals surface area contributed by atoms with Gasteiger partial charge in [0.15, 0.2) is 0 Å². The Balaban J connectivity index is 1.62. The highest BCUT2D eigenvalue weighted by atomic mass is 19.3. The minimum atomic E-state index is -3.00. The van der Waals surface area contributed by atoms with E-state index in [1.165, 1.54) is 6.07 Å². The predicted molar refractivity (Wildman–Crippen MR) is 123 cm³/mol. The third kappa shape index (κ3) is 3.80. The quantitative estimate of drug-likeness (QED) is 0.569. The molecular weight excluding hydrogens is 440 g/mol. The van der Waals surface area contributed by atoms with Crippen molar-refractivity contribution in [3.63, 3.8) is 0 Å². The maximum atomic E-state index is 13.2. The van der Waals surface area contributed by atoms with Crippen LogP contribution in [0.15, 0.2) is 36.4 Å². The zero-order chi connectivity index (χ0) is 24.2. The molecule has 0 aliphatic carbocycles. The summed E-state index contributed by atoms with van der Waals surface area (Å²) in [6.45, 7) is 0.509. The summed E-state index contributed by atoms with van der Waals surface area (Å²) in [5.41, 5.74) is 2.44. The van der Waals surface area contributed by atoms with Gasteiger partial charge in [-0.25, -0.2) is 4.98 Å². The van der Waals surface area contributed by atoms with E-state index in [-0.39, 0.29) is 23.7 Å². The van der Waals surface area contributed by atoms with Crippen LogP contribution in [0.2, 0.25) is 0 Å². The summed E-state index contributed by atoms with van der Waals surface area (Å²) in [4.78, 5) is 19.6. The molecule has 2 unspecified atom stereocenters. The smallest absolute Gasteiger partial charge is 0.387 e. The minimum Gasteiger partial charge on any atom is -0.434 e. The Labute approximate surface area is 196 Å². The van der Waals surface area contributed by atoms with Crippen molar-refractivity contribution in [1.82, 2.24) is 14.5 Å². The van der Waals surface area contributed by atoms with E-state index in [1.54, 1.807) is 37.9 Å². The molecule has 2 aliphatic heterocycles. The van der Waals surface area contributed by atoms with E-state index in [9.17, 15) is 18.7 Å². The fraction of sp³-hybridized carbons (Fsp3) is 0.385. The lowest BCUT2D eigenvalue weighted by Crippen LogP contribution is -2.30. The summed E-state index contributed by atoms with van der Waals surface area (Å²) in [5.74, 6) is 6.74. The van der Waals surface area contributed by atoms with Gasteiger partial charge in [0.25, 0.3) is 5.91 Å². The molecule has 0 radical (unpaired) electrons. The molecule has 8 heteroatoms. The van der Waals surface area contributed by atoms with Crippen LogP contribution in [0.4, 0.5) is 8.78 Å². The fourth-order valence-electron chi connectivity index (χ4n) is 4.89. The minimum absolute atomic E-state index is 0.0113. The number of ether oxygens (including phenoxy) is 1. The van der Waals surface area contributed by atoms with Gasteiger partial charge < -0.3 is 19.3 Å². The number of carbonyl (C=O) groups is 1. The SMILES string of the molecule is CN1C(=O)c2cccc(OC(F)F)c2C2CC1c1nc3ccc(C#CCCC(C)(C)O)cc3n12. The molecule has 3 heterocycles. The Kier molecular flexibility index (Phi) is 5.33. The average Bonchev–Trinajstić information content (AvgIpc) is 3.28. The molecule has 1 aromatic heterocycles. The first-order valence-corrected chi connectivity index (χ1v) is 11.2. The van der Waals surface area contributed by atoms with Crippen LogP contribution in [-0.4, -0.2) is 44.7 Å². The van der Waals surface area contributed by atoms with Crippen molar-refractivity contribution in [1.29, 1.82) is 0 Å². The molecule has 1 N–H and O–H groups in total. The van der Waals surface area contributed by atoms with Gasteiger partial charge >= 0.3 is 6.61 Å². The molecule has 0 saturated carbocycles. The summed E-state index contributed by atoms with van der Waals surface area (Å²) >= 11 is 0. The topological polar surface area (TPSA) is 67.6 Å². The van der Waals surface area contributed by atoms with Gasteiger partial charge in [-0.2, -0.15) is 8.78 Å². The molecule has 2 bridgehead atoms. The molecule has 0 fully saturated rings. The van der Waals surface area contributed by atoms with Crippen LogP contribution < -0.4 is 4.74 Å². The molecule has 176 valence electrons. The molecule has 34 heavy (non-hydrogen) atoms. The Hall–Kier alpha value is -3.44. The number of benzene rings is 2. The summed E-state index contributed by atoms with van der Waals surface area (Å²) in [5, 5.41) is 9.88. The van der Waals surface area contributed by atoms with Crippen molar-refractivity contribution in [2.75, 3.05) is 7.05 Å². The van der Waals surface area contributed by atoms with Crippen LogP contribution in [0, 0.1) is 11.8 Å². The highest BCUT2D eigenvalue weighted by molar-refractivity contribution is 5.97. The van der Waals surface area contributed by atoms with Gasteiger partial charge in [-0.3, -0.25) is 4.79 Å². The Bertz CT molecular complexity index is 1350. The van der Waals surface area contributed by atoms with E-state index in [4.69, 9.17) is 9.72 Å². The number of rotatable bonds is 4. The second kappa shape index (κ2) is 8.10. The van der Waals surface area contributed by atoms with E-state index in [0.29, 0.717) is 30.4 Å². The Morgan fingerprint density at radius 2 is 2.06 bits per heavy atom. The van der Waals surface area contributed by atoms with Crippen molar-refractivity contribution in [2.24, 2.45) is 0 Å². The van der Waals surface area contributed by atoms with E-state index in [2.05, 4.69) is 11.8 Å². The van der Waals surface area contributed by atoms with Crippen molar-refractivity contribution >= 4 is 16.9 Å². The van der Waals surface area contributed by atoms with Crippen molar-refractivity contribution in [3.05, 3.63) is 58.9 Å². The van der Waals surface area contributed by atoms with E-state index in [0.717, 1.165) is 22.4 Å². The van der Waals surface area contributed by atoms with Gasteiger partial charge in [0.05, 0.1) is 28.7 Å². The fourth-order valence-corrected chi connectivity index (χ4v) is 4.89. The maximum Gasteiger partial charge on any atom is 0.387 e. The molecule has 6 nitrogen and oxygen atoms in total. The lowest BCUT2D eigenvalue weighted by atomic mass is 9.97. The lowest BCUT2D eigenvalue weighted by Gasteiger charge is -2.24. The van der Waals surface area contributed by atoms with Gasteiger partial charge in [-0.15, -0.1) is 0 Å². The predicted octanol–water partition coefficient (Wildman–Crippen LogP) is 4.66. The largest absolute Gasteiger partial charge is 0.434 e. The summed E-state index contributed by atoms with van der Waals surface area (Å²) in [6, 6.07) is 9.77. The first kappa shape index (κ1) is 22.4. The summed E-state index contributed by atoms with van der Waals surface area (Å²) in [7, 11) is 1.72. The molecule has 2 aliphatic rings. The molecular formula is C26H25F2N3O3. The number of amides is 1. The number of hydrogen-bond donors (Lipinski definition) is 1. The number of alkyl halides is 2. The van der Waals surface area contributed by atoms with Gasteiger partial charge in [0, 0.05) is 36.6 Å². The van der Waals surface area contributed by atoms with Crippen LogP contribution in [-0.2, 0) is 0 Å². The average molecular weight is 466 g/mol. The van der Waals surface area contributed by atoms with Crippen LogP contribution in [0.5, 0.6) is 5.75 Å². The summed E-state index contributed by atoms with van der Waals surface area (Å²) in [6.07, 6.45) is 1.65. The number of aliphatic hydroxyl groups is 1. The van der Waals surface area contributed by atoms with Gasteiger partial charge in [0.2, 0.25) is 0 Å². The molecule has 2 aromatic carbocycles. The van der Waals surface area contributed by atoms with Crippen LogP contribution >= 0.6 is 0 Å². The zero-order valence-electron chi connectivity index (χ0n) is 19.2. The van der Waals surface area contributed by atoms with Gasteiger partial charge in [0.1, 0.15) is 11.6 Å². The van der Waals surface area contributed by atoms with Crippen LogP contribution in [0.1, 0.15) is 72.5 Å². The highest BCUT2D eigenvalue weighted by Gasteiger charge is 2.45. The van der Waals surface area contributed by atoms with Crippen molar-refractivity contribution in [3.8, 4) is 17.6 Å². The number of imidazole rings is 1. The number of hydrogen-bond acceptors (Lipinski definition) is 4. The van der Waals surface area contributed by atoms with E-state index in [1.807, 2.05) is 22.8 Å². The Morgan fingerprint density at radius 3 is 2.79 bits per heavy atom. The van der Waals surface area contributed by atoms with Gasteiger partial charge in [-0.05, 0) is 50.6 Å². The normalized spacial score (nSPS) is 19.0. The highest BCUT2D eigenvalue weighted by Crippen LogP contribution is 2.49. The number of fused-ring (bicyclic) bond motifs is 9. The monoisotopic (exact) mass is 465 g/mol. The number of aromatic nitrogens is 2. The third-order valence-corrected chi connectivity index (χ3v) is 6.50. The number of halogens is 2. The molecule has 2 atom stereocenters. The van der Waals surface area contributed by atoms with E-state index < -0.39 is 12.2 Å². The van der Waals surface area contributed by atoms with Crippen LogP contribution in [0.25, 0.3) is 11.0 Å². The standard InChI is InChI=1S/C26H25F2N3O3/c1-26(2,33)12-5-4-7-15-10-11-17-18(13-15)31-19-14-20(23(31)29-17)30(3)24(32)16-8-6-9-21(22(16)19)34-25(27)28/h6,8-11,13,19-20,25,33H,5,12,14H2,1-3H3. The lowest BCUT2D eigenvalue weighted by molar-refractivity contribution is -0.0507. The maximum absolute atomic E-state index is 13.2. The zero-order valence-corrected chi connectivity index (χ0v) is 19.2. The second-order valence-electron chi connectivity index (χ2n) is 9.44. The second-order valence-corrected chi connectivity index (χ2v) is 9.44. The first-order chi connectivity index (χ1) is 16.1. The third-order valence-electron chi connectivity index (χ3n) is 6.50. The Morgan fingerprint density at radius 1 is 1.26 bits per heavy atom. The molecule has 5 rings (SSSR count). The number of carbonyl (C=O) groups excluding carboxylic acids is 1. The number of nitrogens with zero attached hydrogens (tertiary/aromatic N) is 3. The van der Waals surface area contributed by atoms with E-state index >= 15 is 0 Å². The molecule has 1 amide bonds. The van der Waals surface area contributed by atoms with Crippen molar-refractivity contribution in [2.45, 2.75) is 57.4 Å². The molecule has 3 aromatic rings. The summed E-state index contributed by atoms with van der Waals surface area (Å²) < 4.78 is 33.3. The molecule has 0 saturated heterocycles. The van der Waals surface area contributed by atoms with Gasteiger partial charge in [-0.1, -0.05) is 17.9 Å². The van der Waals surface area contributed by atoms with Crippen LogP contribution in [0.3, 0.4) is 0 Å². The molecule has 0 spiro atoms. The first-order valence-electron chi connectivity index (χ1n) is 11.2.